The molecule has 2 N–H and O–H groups in total. The molecule has 0 fully saturated rings. The van der Waals surface area contributed by atoms with Gasteiger partial charge in [0.15, 0.2) is 5.75 Å². The molecular formula is C15H22Cl2N2O3. The van der Waals surface area contributed by atoms with E-state index in [1.807, 2.05) is 0 Å². The van der Waals surface area contributed by atoms with Crippen molar-refractivity contribution in [3.8, 4) is 5.75 Å². The Bertz CT molecular complexity index is 501. The van der Waals surface area contributed by atoms with E-state index in [1.54, 1.807) is 46.1 Å². The van der Waals surface area contributed by atoms with Crippen LogP contribution in [0.4, 0.5) is 0 Å². The van der Waals surface area contributed by atoms with E-state index in [0.717, 1.165) is 0 Å². The highest BCUT2D eigenvalue weighted by atomic mass is 35.5. The van der Waals surface area contributed by atoms with Crippen molar-refractivity contribution in [2.24, 2.45) is 0 Å². The van der Waals surface area contributed by atoms with Crippen molar-refractivity contribution in [3.05, 3.63) is 28.2 Å². The fraction of sp³-hybridized carbons (Fsp3) is 0.533. The number of carbonyl (C=O) groups is 1. The molecule has 0 heterocycles. The monoisotopic (exact) mass is 348 g/mol. The van der Waals surface area contributed by atoms with E-state index in [-0.39, 0.29) is 19.1 Å². The Morgan fingerprint density at radius 3 is 2.41 bits per heavy atom. The van der Waals surface area contributed by atoms with Crippen LogP contribution in [0.25, 0.3) is 0 Å². The second-order valence-electron chi connectivity index (χ2n) is 5.72. The molecule has 0 spiro atoms. The SMILES string of the molecule is CN(C)C(=O)C(C)(C)NCC(O)COc1c(Cl)cccc1Cl. The third-order valence-electron chi connectivity index (χ3n) is 3.06. The number of hydrogen-bond acceptors (Lipinski definition) is 4. The van der Waals surface area contributed by atoms with Gasteiger partial charge in [0.05, 0.1) is 15.6 Å². The lowest BCUT2D eigenvalue weighted by Gasteiger charge is -2.29. The number of para-hydroxylation sites is 1. The molecule has 0 bridgehead atoms. The normalized spacial score (nSPS) is 12.9. The van der Waals surface area contributed by atoms with Gasteiger partial charge in [0, 0.05) is 20.6 Å². The van der Waals surface area contributed by atoms with E-state index in [2.05, 4.69) is 5.32 Å². The van der Waals surface area contributed by atoms with Crippen molar-refractivity contribution < 1.29 is 14.6 Å². The Hall–Kier alpha value is -1.01. The number of ether oxygens (including phenoxy) is 1. The molecule has 1 atom stereocenters. The van der Waals surface area contributed by atoms with Gasteiger partial charge < -0.3 is 20.1 Å². The van der Waals surface area contributed by atoms with Crippen LogP contribution in [0.3, 0.4) is 0 Å². The summed E-state index contributed by atoms with van der Waals surface area (Å²) in [6, 6.07) is 5.03. The quantitative estimate of drug-likeness (QED) is 0.792. The lowest BCUT2D eigenvalue weighted by molar-refractivity contribution is -0.134. The molecule has 0 radical (unpaired) electrons. The van der Waals surface area contributed by atoms with E-state index in [9.17, 15) is 9.90 Å². The number of benzene rings is 1. The Morgan fingerprint density at radius 1 is 1.36 bits per heavy atom. The predicted molar refractivity (Wildman–Crippen MR) is 88.7 cm³/mol. The lowest BCUT2D eigenvalue weighted by atomic mass is 10.0. The highest BCUT2D eigenvalue weighted by Crippen LogP contribution is 2.32. The summed E-state index contributed by atoms with van der Waals surface area (Å²) in [4.78, 5) is 13.5. The van der Waals surface area contributed by atoms with Crippen molar-refractivity contribution in [1.29, 1.82) is 0 Å². The first-order valence-electron chi connectivity index (χ1n) is 6.87. The van der Waals surface area contributed by atoms with Crippen molar-refractivity contribution in [1.82, 2.24) is 10.2 Å². The number of β-amino-alcohol motifs (C(OH)–C–C–N with tert-alkyl or cyclic N) is 1. The van der Waals surface area contributed by atoms with Gasteiger partial charge in [-0.15, -0.1) is 0 Å². The molecule has 0 saturated carbocycles. The molecule has 1 amide bonds. The van der Waals surface area contributed by atoms with E-state index in [1.165, 1.54) is 4.90 Å². The van der Waals surface area contributed by atoms with Crippen LogP contribution in [-0.4, -0.2) is 54.8 Å². The fourth-order valence-electron chi connectivity index (χ4n) is 1.87. The van der Waals surface area contributed by atoms with Gasteiger partial charge in [0.1, 0.15) is 12.7 Å². The molecule has 1 rings (SSSR count). The third-order valence-corrected chi connectivity index (χ3v) is 3.65. The molecule has 5 nitrogen and oxygen atoms in total. The zero-order valence-electron chi connectivity index (χ0n) is 13.2. The van der Waals surface area contributed by atoms with E-state index in [0.29, 0.717) is 15.8 Å². The molecule has 22 heavy (non-hydrogen) atoms. The maximum absolute atomic E-state index is 12.0. The highest BCUT2D eigenvalue weighted by molar-refractivity contribution is 6.37. The second-order valence-corrected chi connectivity index (χ2v) is 6.54. The summed E-state index contributed by atoms with van der Waals surface area (Å²) in [5, 5.41) is 13.8. The number of halogens is 2. The Kier molecular flexibility index (Phi) is 6.94. The van der Waals surface area contributed by atoms with Crippen LogP contribution in [-0.2, 0) is 4.79 Å². The molecule has 0 saturated heterocycles. The van der Waals surface area contributed by atoms with E-state index >= 15 is 0 Å². The smallest absolute Gasteiger partial charge is 0.241 e. The zero-order chi connectivity index (χ0) is 16.9. The zero-order valence-corrected chi connectivity index (χ0v) is 14.7. The molecule has 0 aliphatic heterocycles. The summed E-state index contributed by atoms with van der Waals surface area (Å²) in [5.74, 6) is 0.267. The van der Waals surface area contributed by atoms with E-state index in [4.69, 9.17) is 27.9 Å². The average Bonchev–Trinajstić information content (AvgIpc) is 2.43. The standard InChI is InChI=1S/C15H22Cl2N2O3/c1-15(2,14(21)19(3)4)18-8-10(20)9-22-13-11(16)6-5-7-12(13)17/h5-7,10,18,20H,8-9H2,1-4H3. The van der Waals surface area contributed by atoms with E-state index < -0.39 is 11.6 Å². The maximum atomic E-state index is 12.0. The molecule has 1 aromatic carbocycles. The molecule has 0 aliphatic rings. The molecular weight excluding hydrogens is 327 g/mol. The molecule has 1 aromatic rings. The first-order chi connectivity index (χ1) is 10.1. The summed E-state index contributed by atoms with van der Waals surface area (Å²) in [7, 11) is 3.37. The summed E-state index contributed by atoms with van der Waals surface area (Å²) in [6.45, 7) is 3.74. The molecule has 1 unspecified atom stereocenters. The Morgan fingerprint density at radius 2 is 1.91 bits per heavy atom. The molecule has 0 aromatic heterocycles. The van der Waals surface area contributed by atoms with Crippen LogP contribution in [0.15, 0.2) is 18.2 Å². The predicted octanol–water partition coefficient (Wildman–Crippen LogP) is 2.19. The number of hydrogen-bond donors (Lipinski definition) is 2. The minimum absolute atomic E-state index is 0.0166. The minimum atomic E-state index is -0.804. The van der Waals surface area contributed by atoms with Crippen molar-refractivity contribution >= 4 is 29.1 Å². The Labute approximate surface area is 141 Å². The minimum Gasteiger partial charge on any atom is -0.488 e. The average molecular weight is 349 g/mol. The topological polar surface area (TPSA) is 61.8 Å². The molecule has 7 heteroatoms. The first kappa shape index (κ1) is 19.0. The second kappa shape index (κ2) is 8.02. The molecule has 0 aliphatic carbocycles. The Balaban J connectivity index is 2.50. The number of amides is 1. The van der Waals surface area contributed by atoms with Gasteiger partial charge in [-0.2, -0.15) is 0 Å². The van der Waals surface area contributed by atoms with Crippen molar-refractivity contribution in [2.45, 2.75) is 25.5 Å². The lowest BCUT2D eigenvalue weighted by Crippen LogP contribution is -2.54. The van der Waals surface area contributed by atoms with Crippen LogP contribution in [0, 0.1) is 0 Å². The van der Waals surface area contributed by atoms with Crippen LogP contribution in [0.1, 0.15) is 13.8 Å². The van der Waals surface area contributed by atoms with Gasteiger partial charge in [-0.05, 0) is 26.0 Å². The maximum Gasteiger partial charge on any atom is 0.241 e. The number of rotatable bonds is 7. The summed E-state index contributed by atoms with van der Waals surface area (Å²) >= 11 is 12.0. The third kappa shape index (κ3) is 5.32. The van der Waals surface area contributed by atoms with Crippen LogP contribution < -0.4 is 10.1 Å². The largest absolute Gasteiger partial charge is 0.488 e. The first-order valence-corrected chi connectivity index (χ1v) is 7.62. The van der Waals surface area contributed by atoms with Crippen molar-refractivity contribution in [3.63, 3.8) is 0 Å². The summed E-state index contributed by atoms with van der Waals surface area (Å²) in [5.41, 5.74) is -0.771. The van der Waals surface area contributed by atoms with Crippen molar-refractivity contribution in [2.75, 3.05) is 27.2 Å². The van der Waals surface area contributed by atoms with Crippen LogP contribution >= 0.6 is 23.2 Å². The van der Waals surface area contributed by atoms with Gasteiger partial charge in [0.25, 0.3) is 0 Å². The van der Waals surface area contributed by atoms with Gasteiger partial charge in [-0.3, -0.25) is 4.79 Å². The fourth-order valence-corrected chi connectivity index (χ4v) is 2.37. The number of aliphatic hydroxyl groups is 1. The van der Waals surface area contributed by atoms with Crippen LogP contribution in [0.5, 0.6) is 5.75 Å². The number of nitrogens with one attached hydrogen (secondary N) is 1. The van der Waals surface area contributed by atoms with Gasteiger partial charge in [0.2, 0.25) is 5.91 Å². The van der Waals surface area contributed by atoms with Gasteiger partial charge in [-0.1, -0.05) is 29.3 Å². The number of likely N-dealkylation sites (N-methyl/N-ethyl adjacent to an activating group) is 1. The van der Waals surface area contributed by atoms with Gasteiger partial charge in [-0.25, -0.2) is 0 Å². The summed E-state index contributed by atoms with van der Waals surface area (Å²) in [6.07, 6.45) is -0.804. The molecule has 124 valence electrons. The van der Waals surface area contributed by atoms with Gasteiger partial charge >= 0.3 is 0 Å². The van der Waals surface area contributed by atoms with Crippen LogP contribution in [0.2, 0.25) is 10.0 Å². The summed E-state index contributed by atoms with van der Waals surface area (Å²) < 4.78 is 5.45. The highest BCUT2D eigenvalue weighted by Gasteiger charge is 2.29. The number of carbonyl (C=O) groups excluding carboxylic acids is 1. The number of nitrogens with zero attached hydrogens (tertiary/aromatic N) is 1. The number of aliphatic hydroxyl groups excluding tert-OH is 1.